The number of fused-ring (bicyclic) bond motifs is 1. The molecule has 0 spiro atoms. The first kappa shape index (κ1) is 21.7. The van der Waals surface area contributed by atoms with Gasteiger partial charge in [0.25, 0.3) is 0 Å². The molecule has 0 unspecified atom stereocenters. The minimum Gasteiger partial charge on any atom is -0.480 e. The highest BCUT2D eigenvalue weighted by Gasteiger charge is 2.38. The number of ether oxygens (including phenoxy) is 1. The summed E-state index contributed by atoms with van der Waals surface area (Å²) in [7, 11) is 0. The molecular formula is C21H30N2O5. The summed E-state index contributed by atoms with van der Waals surface area (Å²) < 4.78 is 5.48. The molecule has 0 aliphatic carbocycles. The second kappa shape index (κ2) is 8.63. The zero-order chi connectivity index (χ0) is 21.1. The standard InChI is InChI=1S/C21H30N2O5/c1-6-13(2)17(19(25)26)22-18(24)16-11-14-9-7-8-10-15(14)12-23(16)20(27)28-21(3,4)5/h7-10,13,16-17H,6,11-12H2,1-5H3,(H,22,24)(H,25,26)/t13-,16+,17+/m1/s1. The van der Waals surface area contributed by atoms with Gasteiger partial charge in [0.05, 0.1) is 6.54 Å². The van der Waals surface area contributed by atoms with Crippen LogP contribution in [0.3, 0.4) is 0 Å². The molecule has 3 atom stereocenters. The lowest BCUT2D eigenvalue weighted by Gasteiger charge is -2.37. The summed E-state index contributed by atoms with van der Waals surface area (Å²) in [5.41, 5.74) is 1.22. The van der Waals surface area contributed by atoms with Crippen LogP contribution in [0, 0.1) is 5.92 Å². The van der Waals surface area contributed by atoms with E-state index in [1.165, 1.54) is 4.90 Å². The highest BCUT2D eigenvalue weighted by atomic mass is 16.6. The number of benzene rings is 1. The molecule has 28 heavy (non-hydrogen) atoms. The number of nitrogens with one attached hydrogen (secondary N) is 1. The largest absolute Gasteiger partial charge is 0.480 e. The molecule has 7 heteroatoms. The Balaban J connectivity index is 2.29. The number of carbonyl (C=O) groups excluding carboxylic acids is 2. The van der Waals surface area contributed by atoms with Crippen molar-refractivity contribution in [2.75, 3.05) is 0 Å². The fraction of sp³-hybridized carbons (Fsp3) is 0.571. The molecule has 1 aliphatic rings. The van der Waals surface area contributed by atoms with Crippen molar-refractivity contribution in [2.45, 2.75) is 71.7 Å². The second-order valence-corrected chi connectivity index (χ2v) is 8.31. The molecule has 2 rings (SSSR count). The first-order valence-corrected chi connectivity index (χ1v) is 9.63. The fourth-order valence-corrected chi connectivity index (χ4v) is 3.20. The summed E-state index contributed by atoms with van der Waals surface area (Å²) in [6, 6.07) is 5.78. The topological polar surface area (TPSA) is 95.9 Å². The molecule has 0 saturated carbocycles. The molecule has 0 aromatic heterocycles. The third-order valence-electron chi connectivity index (χ3n) is 4.96. The third-order valence-corrected chi connectivity index (χ3v) is 4.96. The summed E-state index contributed by atoms with van der Waals surface area (Å²) in [5, 5.41) is 12.1. The summed E-state index contributed by atoms with van der Waals surface area (Å²) in [6.07, 6.45) is 0.340. The monoisotopic (exact) mass is 390 g/mol. The van der Waals surface area contributed by atoms with E-state index in [0.717, 1.165) is 11.1 Å². The summed E-state index contributed by atoms with van der Waals surface area (Å²) >= 11 is 0. The summed E-state index contributed by atoms with van der Waals surface area (Å²) in [6.45, 7) is 9.19. The van der Waals surface area contributed by atoms with Crippen LogP contribution in [0.4, 0.5) is 4.79 Å². The predicted molar refractivity (Wildman–Crippen MR) is 105 cm³/mol. The molecule has 0 fully saturated rings. The first-order chi connectivity index (χ1) is 13.0. The van der Waals surface area contributed by atoms with Crippen molar-refractivity contribution >= 4 is 18.0 Å². The van der Waals surface area contributed by atoms with Gasteiger partial charge in [-0.05, 0) is 37.8 Å². The average molecular weight is 390 g/mol. The van der Waals surface area contributed by atoms with Crippen molar-refractivity contribution in [3.63, 3.8) is 0 Å². The molecule has 2 amide bonds. The Labute approximate surface area is 166 Å². The lowest BCUT2D eigenvalue weighted by Crippen LogP contribution is -2.57. The number of carboxylic acid groups (broad SMARTS) is 1. The number of nitrogens with zero attached hydrogens (tertiary/aromatic N) is 1. The van der Waals surface area contributed by atoms with Gasteiger partial charge in [-0.25, -0.2) is 9.59 Å². The van der Waals surface area contributed by atoms with Gasteiger partial charge in [-0.2, -0.15) is 0 Å². The molecule has 0 bridgehead atoms. The van der Waals surface area contributed by atoms with Crippen molar-refractivity contribution in [1.82, 2.24) is 10.2 Å². The minimum absolute atomic E-state index is 0.229. The molecule has 1 aromatic rings. The smallest absolute Gasteiger partial charge is 0.411 e. The van der Waals surface area contributed by atoms with E-state index in [1.54, 1.807) is 27.7 Å². The highest BCUT2D eigenvalue weighted by molar-refractivity contribution is 5.90. The summed E-state index contributed by atoms with van der Waals surface area (Å²) in [4.78, 5) is 38.7. The Morgan fingerprint density at radius 2 is 1.86 bits per heavy atom. The van der Waals surface area contributed by atoms with Gasteiger partial charge in [0.15, 0.2) is 0 Å². The van der Waals surface area contributed by atoms with Crippen LogP contribution < -0.4 is 5.32 Å². The van der Waals surface area contributed by atoms with E-state index in [9.17, 15) is 19.5 Å². The van der Waals surface area contributed by atoms with Gasteiger partial charge in [-0.1, -0.05) is 44.5 Å². The van der Waals surface area contributed by atoms with E-state index >= 15 is 0 Å². The van der Waals surface area contributed by atoms with Gasteiger partial charge >= 0.3 is 12.1 Å². The maximum atomic E-state index is 13.0. The maximum absolute atomic E-state index is 13.0. The van der Waals surface area contributed by atoms with E-state index in [4.69, 9.17) is 4.74 Å². The van der Waals surface area contributed by atoms with Crippen molar-refractivity contribution in [3.8, 4) is 0 Å². The zero-order valence-electron chi connectivity index (χ0n) is 17.2. The normalized spacial score (nSPS) is 18.6. The van der Waals surface area contributed by atoms with E-state index in [0.29, 0.717) is 12.8 Å². The van der Waals surface area contributed by atoms with Gasteiger partial charge in [-0.15, -0.1) is 0 Å². The zero-order valence-corrected chi connectivity index (χ0v) is 17.2. The third kappa shape index (κ3) is 5.24. The van der Waals surface area contributed by atoms with Crippen LogP contribution in [0.1, 0.15) is 52.2 Å². The van der Waals surface area contributed by atoms with Crippen LogP contribution in [0.15, 0.2) is 24.3 Å². The Hall–Kier alpha value is -2.57. The first-order valence-electron chi connectivity index (χ1n) is 9.63. The van der Waals surface area contributed by atoms with E-state index < -0.39 is 35.7 Å². The number of carboxylic acids is 1. The van der Waals surface area contributed by atoms with Crippen LogP contribution in [0.25, 0.3) is 0 Å². The molecule has 1 aliphatic heterocycles. The number of aliphatic carboxylic acids is 1. The highest BCUT2D eigenvalue weighted by Crippen LogP contribution is 2.26. The van der Waals surface area contributed by atoms with E-state index in [2.05, 4.69) is 5.32 Å². The quantitative estimate of drug-likeness (QED) is 0.806. The average Bonchev–Trinajstić information content (AvgIpc) is 2.62. The van der Waals surface area contributed by atoms with Gasteiger partial charge < -0.3 is 15.2 Å². The number of hydrogen-bond acceptors (Lipinski definition) is 4. The number of rotatable bonds is 5. The van der Waals surface area contributed by atoms with E-state index in [-0.39, 0.29) is 12.5 Å². The number of hydrogen-bond donors (Lipinski definition) is 2. The molecule has 0 saturated heterocycles. The lowest BCUT2D eigenvalue weighted by atomic mass is 9.93. The molecule has 1 heterocycles. The SMILES string of the molecule is CC[C@@H](C)[C@H](NC(=O)[C@@H]1Cc2ccccc2CN1C(=O)OC(C)(C)C)C(=O)O. The number of amides is 2. The van der Waals surface area contributed by atoms with E-state index in [1.807, 2.05) is 31.2 Å². The van der Waals surface area contributed by atoms with Crippen LogP contribution in [-0.2, 0) is 27.3 Å². The van der Waals surface area contributed by atoms with Crippen molar-refractivity contribution in [3.05, 3.63) is 35.4 Å². The molecular weight excluding hydrogens is 360 g/mol. The van der Waals surface area contributed by atoms with Crippen molar-refractivity contribution < 1.29 is 24.2 Å². The molecule has 2 N–H and O–H groups in total. The van der Waals surface area contributed by atoms with Crippen LogP contribution in [-0.4, -0.2) is 45.7 Å². The van der Waals surface area contributed by atoms with Gasteiger partial charge in [0.2, 0.25) is 5.91 Å². The van der Waals surface area contributed by atoms with Crippen molar-refractivity contribution in [2.24, 2.45) is 5.92 Å². The van der Waals surface area contributed by atoms with Crippen LogP contribution >= 0.6 is 0 Å². The van der Waals surface area contributed by atoms with Gasteiger partial charge in [0, 0.05) is 6.42 Å². The maximum Gasteiger partial charge on any atom is 0.411 e. The molecule has 0 radical (unpaired) electrons. The minimum atomic E-state index is -1.08. The molecule has 1 aromatic carbocycles. The van der Waals surface area contributed by atoms with Crippen LogP contribution in [0.2, 0.25) is 0 Å². The Morgan fingerprint density at radius 3 is 2.39 bits per heavy atom. The van der Waals surface area contributed by atoms with Gasteiger partial charge in [0.1, 0.15) is 17.7 Å². The van der Waals surface area contributed by atoms with Crippen molar-refractivity contribution in [1.29, 1.82) is 0 Å². The molecule has 154 valence electrons. The fourth-order valence-electron chi connectivity index (χ4n) is 3.20. The number of carbonyl (C=O) groups is 3. The summed E-state index contributed by atoms with van der Waals surface area (Å²) in [5.74, 6) is -1.79. The second-order valence-electron chi connectivity index (χ2n) is 8.31. The Kier molecular flexibility index (Phi) is 6.69. The Morgan fingerprint density at radius 1 is 1.25 bits per heavy atom. The van der Waals surface area contributed by atoms with Crippen LogP contribution in [0.5, 0.6) is 0 Å². The Bertz CT molecular complexity index is 741. The molecule has 7 nitrogen and oxygen atoms in total. The lowest BCUT2D eigenvalue weighted by molar-refractivity contribution is -0.144. The predicted octanol–water partition coefficient (Wildman–Crippen LogP) is 2.96. The van der Waals surface area contributed by atoms with Gasteiger partial charge in [-0.3, -0.25) is 9.69 Å².